The second kappa shape index (κ2) is 17.2. The Labute approximate surface area is 222 Å². The Morgan fingerprint density at radius 1 is 1.00 bits per heavy atom. The number of halogens is 3. The van der Waals surface area contributed by atoms with Gasteiger partial charge in [-0.3, -0.25) is 4.90 Å². The highest BCUT2D eigenvalue weighted by Crippen LogP contribution is 2.32. The van der Waals surface area contributed by atoms with Gasteiger partial charge in [-0.25, -0.2) is 0 Å². The Kier molecular flexibility index (Phi) is 15.2. The van der Waals surface area contributed by atoms with Crippen LogP contribution in [0.2, 0.25) is 0 Å². The number of carbonyl (C=O) groups is 1. The van der Waals surface area contributed by atoms with Crippen molar-refractivity contribution in [3.05, 3.63) is 64.7 Å². The van der Waals surface area contributed by atoms with Crippen LogP contribution in [0.3, 0.4) is 0 Å². The van der Waals surface area contributed by atoms with Crippen LogP contribution in [0.4, 0.5) is 13.2 Å². The van der Waals surface area contributed by atoms with Gasteiger partial charge in [-0.1, -0.05) is 57.4 Å². The molecule has 0 atom stereocenters. The van der Waals surface area contributed by atoms with E-state index in [0.717, 1.165) is 43.5 Å². The van der Waals surface area contributed by atoms with Crippen molar-refractivity contribution < 1.29 is 22.7 Å². The average Bonchev–Trinajstić information content (AvgIpc) is 2.86. The van der Waals surface area contributed by atoms with Crippen molar-refractivity contribution in [3.8, 4) is 5.75 Å². The summed E-state index contributed by atoms with van der Waals surface area (Å²) in [6, 6.07) is 13.5. The van der Waals surface area contributed by atoms with Crippen molar-refractivity contribution >= 4 is 6.29 Å². The summed E-state index contributed by atoms with van der Waals surface area (Å²) in [5, 5.41) is 0. The topological polar surface area (TPSA) is 29.5 Å². The van der Waals surface area contributed by atoms with Crippen LogP contribution >= 0.6 is 0 Å². The van der Waals surface area contributed by atoms with Crippen LogP contribution in [0, 0.1) is 6.92 Å². The van der Waals surface area contributed by atoms with Crippen molar-refractivity contribution in [1.82, 2.24) is 4.90 Å². The molecule has 0 heterocycles. The number of aldehydes is 1. The minimum absolute atomic E-state index is 0.161. The molecule has 208 valence electrons. The van der Waals surface area contributed by atoms with E-state index in [9.17, 15) is 13.2 Å². The van der Waals surface area contributed by atoms with Gasteiger partial charge in [0.25, 0.3) is 0 Å². The molecule has 6 heteroatoms. The predicted molar refractivity (Wildman–Crippen MR) is 147 cm³/mol. The standard InChI is InChI=1S/C27H36F3NO.C2H4O.C2H6/c1-20(2)32-25-14-11-23(12-15-25)19-31(24-9-5-4-6-10-24)17-7-8-22-13-16-26(21(3)18-22)27(28,29)30;1-2-3;1-2/h11-16,18,20,24H,4-10,17,19H2,1-3H3;2H,1H3;1-2H3. The Bertz CT molecular complexity index is 888. The summed E-state index contributed by atoms with van der Waals surface area (Å²) >= 11 is 0. The van der Waals surface area contributed by atoms with Crippen molar-refractivity contribution in [2.75, 3.05) is 6.54 Å². The van der Waals surface area contributed by atoms with Gasteiger partial charge < -0.3 is 9.53 Å². The smallest absolute Gasteiger partial charge is 0.416 e. The van der Waals surface area contributed by atoms with E-state index < -0.39 is 11.7 Å². The number of hydrogen-bond acceptors (Lipinski definition) is 3. The Morgan fingerprint density at radius 2 is 1.57 bits per heavy atom. The van der Waals surface area contributed by atoms with Crippen molar-refractivity contribution in [1.29, 1.82) is 0 Å². The maximum absolute atomic E-state index is 13.0. The highest BCUT2D eigenvalue weighted by atomic mass is 19.4. The third-order valence-electron chi connectivity index (χ3n) is 6.28. The number of hydrogen-bond donors (Lipinski definition) is 0. The van der Waals surface area contributed by atoms with Gasteiger partial charge in [0.2, 0.25) is 0 Å². The molecule has 1 aliphatic carbocycles. The molecular weight excluding hydrogens is 475 g/mol. The van der Waals surface area contributed by atoms with E-state index in [1.807, 2.05) is 39.8 Å². The SMILES string of the molecule is CC.CC=O.Cc1cc(CCCN(Cc2ccc(OC(C)C)cc2)C2CCCCC2)ccc1C(F)(F)F. The lowest BCUT2D eigenvalue weighted by Crippen LogP contribution is -2.37. The molecule has 0 aliphatic heterocycles. The molecule has 3 nitrogen and oxygen atoms in total. The molecule has 0 saturated heterocycles. The van der Waals surface area contributed by atoms with E-state index in [-0.39, 0.29) is 6.10 Å². The van der Waals surface area contributed by atoms with Gasteiger partial charge in [0.05, 0.1) is 11.7 Å². The molecule has 0 bridgehead atoms. The molecule has 0 unspecified atom stereocenters. The van der Waals surface area contributed by atoms with Crippen LogP contribution in [-0.2, 0) is 23.9 Å². The van der Waals surface area contributed by atoms with Crippen LogP contribution in [0.5, 0.6) is 5.75 Å². The molecule has 3 rings (SSSR count). The second-order valence-electron chi connectivity index (χ2n) is 9.56. The van der Waals surface area contributed by atoms with Gasteiger partial charge in [0.15, 0.2) is 0 Å². The van der Waals surface area contributed by atoms with Gasteiger partial charge in [-0.15, -0.1) is 0 Å². The van der Waals surface area contributed by atoms with Crippen LogP contribution in [0.15, 0.2) is 42.5 Å². The first-order valence-electron chi connectivity index (χ1n) is 13.7. The quantitative estimate of drug-likeness (QED) is 0.309. The number of ether oxygens (including phenoxy) is 1. The number of carbonyl (C=O) groups excluding carboxylic acids is 1. The largest absolute Gasteiger partial charge is 0.491 e. The van der Waals surface area contributed by atoms with E-state index in [1.165, 1.54) is 50.7 Å². The molecular formula is C31H46F3NO2. The third-order valence-corrected chi connectivity index (χ3v) is 6.28. The zero-order valence-corrected chi connectivity index (χ0v) is 23.5. The average molecular weight is 522 g/mol. The minimum atomic E-state index is -4.28. The number of alkyl halides is 3. The highest BCUT2D eigenvalue weighted by molar-refractivity contribution is 5.44. The molecule has 37 heavy (non-hydrogen) atoms. The zero-order valence-electron chi connectivity index (χ0n) is 23.5. The number of nitrogens with zero attached hydrogens (tertiary/aromatic N) is 1. The van der Waals surface area contributed by atoms with E-state index in [2.05, 4.69) is 17.0 Å². The first-order chi connectivity index (χ1) is 17.6. The summed E-state index contributed by atoms with van der Waals surface area (Å²) < 4.78 is 44.8. The van der Waals surface area contributed by atoms with Crippen molar-refractivity contribution in [2.24, 2.45) is 0 Å². The minimum Gasteiger partial charge on any atom is -0.491 e. The first-order valence-corrected chi connectivity index (χ1v) is 13.7. The molecule has 0 amide bonds. The summed E-state index contributed by atoms with van der Waals surface area (Å²) in [4.78, 5) is 11.4. The van der Waals surface area contributed by atoms with Crippen LogP contribution in [0.1, 0.15) is 95.4 Å². The fraction of sp³-hybridized carbons (Fsp3) is 0.581. The van der Waals surface area contributed by atoms with Crippen LogP contribution in [-0.4, -0.2) is 29.9 Å². The van der Waals surface area contributed by atoms with Crippen LogP contribution in [0.25, 0.3) is 0 Å². The van der Waals surface area contributed by atoms with Gasteiger partial charge in [-0.2, -0.15) is 13.2 Å². The summed E-state index contributed by atoms with van der Waals surface area (Å²) in [6.45, 7) is 12.9. The Balaban J connectivity index is 0.00000127. The first kappa shape index (κ1) is 32.7. The lowest BCUT2D eigenvalue weighted by Gasteiger charge is -2.34. The number of aryl methyl sites for hydroxylation is 2. The molecule has 2 aromatic carbocycles. The molecule has 2 aromatic rings. The maximum Gasteiger partial charge on any atom is 0.416 e. The number of benzene rings is 2. The summed E-state index contributed by atoms with van der Waals surface area (Å²) in [5.74, 6) is 0.894. The monoisotopic (exact) mass is 521 g/mol. The fourth-order valence-corrected chi connectivity index (χ4v) is 4.70. The van der Waals surface area contributed by atoms with E-state index in [1.54, 1.807) is 19.1 Å². The summed E-state index contributed by atoms with van der Waals surface area (Å²) in [5.41, 5.74) is 2.03. The molecule has 0 aromatic heterocycles. The zero-order chi connectivity index (χ0) is 27.8. The maximum atomic E-state index is 13.0. The normalized spacial score (nSPS) is 13.9. The lowest BCUT2D eigenvalue weighted by atomic mass is 9.93. The van der Waals surface area contributed by atoms with Crippen molar-refractivity contribution in [3.63, 3.8) is 0 Å². The van der Waals surface area contributed by atoms with E-state index in [4.69, 9.17) is 9.53 Å². The number of rotatable bonds is 9. The Hall–Kier alpha value is -2.34. The highest BCUT2D eigenvalue weighted by Gasteiger charge is 2.32. The third kappa shape index (κ3) is 12.2. The van der Waals surface area contributed by atoms with Gasteiger partial charge in [0.1, 0.15) is 12.0 Å². The van der Waals surface area contributed by atoms with Gasteiger partial charge >= 0.3 is 6.18 Å². The van der Waals surface area contributed by atoms with Gasteiger partial charge in [-0.05, 0) is 94.8 Å². The Morgan fingerprint density at radius 3 is 2.08 bits per heavy atom. The van der Waals surface area contributed by atoms with Crippen LogP contribution < -0.4 is 4.74 Å². The predicted octanol–water partition coefficient (Wildman–Crippen LogP) is 8.80. The summed E-state index contributed by atoms with van der Waals surface area (Å²) in [6.07, 6.45) is 4.70. The summed E-state index contributed by atoms with van der Waals surface area (Å²) in [7, 11) is 0. The molecule has 0 N–H and O–H groups in total. The second-order valence-corrected chi connectivity index (χ2v) is 9.56. The molecule has 1 aliphatic rings. The lowest BCUT2D eigenvalue weighted by molar-refractivity contribution is -0.138. The van der Waals surface area contributed by atoms with E-state index in [0.29, 0.717) is 11.6 Å². The van der Waals surface area contributed by atoms with Gasteiger partial charge in [0, 0.05) is 12.6 Å². The van der Waals surface area contributed by atoms with E-state index >= 15 is 0 Å². The molecule has 1 fully saturated rings. The van der Waals surface area contributed by atoms with Crippen molar-refractivity contribution in [2.45, 2.75) is 111 Å². The fourth-order valence-electron chi connectivity index (χ4n) is 4.70. The molecule has 0 spiro atoms. The molecule has 1 saturated carbocycles. The molecule has 0 radical (unpaired) electrons.